The van der Waals surface area contributed by atoms with Crippen molar-refractivity contribution in [2.75, 3.05) is 0 Å². The summed E-state index contributed by atoms with van der Waals surface area (Å²) in [6.07, 6.45) is 6.78. The summed E-state index contributed by atoms with van der Waals surface area (Å²) >= 11 is 5.48. The zero-order valence-corrected chi connectivity index (χ0v) is 14.1. The van der Waals surface area contributed by atoms with Crippen molar-refractivity contribution < 1.29 is 4.74 Å². The van der Waals surface area contributed by atoms with Crippen LogP contribution in [0.3, 0.4) is 0 Å². The van der Waals surface area contributed by atoms with E-state index in [1.165, 1.54) is 32.1 Å². The van der Waals surface area contributed by atoms with Gasteiger partial charge in [0, 0.05) is 6.04 Å². The summed E-state index contributed by atoms with van der Waals surface area (Å²) in [6, 6.07) is 0.968. The minimum Gasteiger partial charge on any atom is -0.465 e. The molecule has 0 aromatic carbocycles. The van der Waals surface area contributed by atoms with Crippen molar-refractivity contribution in [2.24, 2.45) is 5.92 Å². The molecule has 1 radical (unpaired) electrons. The molecular formula is C16H27BNOS. The molecule has 3 rings (SSSR count). The Morgan fingerprint density at radius 1 is 1.30 bits per heavy atom. The summed E-state index contributed by atoms with van der Waals surface area (Å²) in [6.45, 7) is 9.22. The lowest BCUT2D eigenvalue weighted by molar-refractivity contribution is 0.163. The minimum absolute atomic E-state index is 0.324. The van der Waals surface area contributed by atoms with Gasteiger partial charge in [0.05, 0.1) is 6.04 Å². The second-order valence-corrected chi connectivity index (χ2v) is 7.86. The molecule has 0 amide bonds. The van der Waals surface area contributed by atoms with E-state index in [-0.39, 0.29) is 0 Å². The Hall–Kier alpha value is -0.245. The van der Waals surface area contributed by atoms with Crippen molar-refractivity contribution in [1.82, 2.24) is 4.90 Å². The average molecular weight is 292 g/mol. The summed E-state index contributed by atoms with van der Waals surface area (Å²) in [5.74, 6) is 1.52. The first-order valence-electron chi connectivity index (χ1n) is 8.30. The molecule has 2 aliphatic heterocycles. The van der Waals surface area contributed by atoms with E-state index in [1.807, 2.05) is 0 Å². The zero-order chi connectivity index (χ0) is 14.5. The van der Waals surface area contributed by atoms with Crippen molar-refractivity contribution in [3.63, 3.8) is 0 Å². The highest BCUT2D eigenvalue weighted by Gasteiger charge is 2.58. The van der Waals surface area contributed by atoms with E-state index < -0.39 is 0 Å². The van der Waals surface area contributed by atoms with Crippen LogP contribution in [0.5, 0.6) is 0 Å². The third-order valence-electron chi connectivity index (χ3n) is 5.82. The molecule has 3 fully saturated rings. The molecule has 0 aromatic heterocycles. The van der Waals surface area contributed by atoms with Gasteiger partial charge in [-0.2, -0.15) is 0 Å². The topological polar surface area (TPSA) is 12.5 Å². The number of rotatable bonds is 2. The lowest BCUT2D eigenvalue weighted by Crippen LogP contribution is -2.41. The van der Waals surface area contributed by atoms with E-state index in [0.29, 0.717) is 23.5 Å². The van der Waals surface area contributed by atoms with E-state index in [9.17, 15) is 0 Å². The highest BCUT2D eigenvalue weighted by atomic mass is 32.1. The van der Waals surface area contributed by atoms with Crippen molar-refractivity contribution in [2.45, 2.75) is 89.1 Å². The minimum atomic E-state index is 0.324. The monoisotopic (exact) mass is 292 g/mol. The maximum atomic E-state index is 6.09. The summed E-state index contributed by atoms with van der Waals surface area (Å²) in [5, 5.41) is 1.25. The van der Waals surface area contributed by atoms with E-state index in [1.54, 1.807) is 0 Å². The number of hydrogen-bond donors (Lipinski definition) is 0. The molecule has 0 spiro atoms. The van der Waals surface area contributed by atoms with Crippen LogP contribution in [0.15, 0.2) is 0 Å². The molecule has 4 atom stereocenters. The van der Waals surface area contributed by atoms with Gasteiger partial charge in [0.25, 0.3) is 5.17 Å². The van der Waals surface area contributed by atoms with Crippen LogP contribution in [0.4, 0.5) is 0 Å². The molecule has 1 saturated carbocycles. The number of nitrogens with zero attached hydrogens (tertiary/aromatic N) is 1. The predicted octanol–water partition coefficient (Wildman–Crippen LogP) is 4.03. The largest absolute Gasteiger partial charge is 0.465 e. The summed E-state index contributed by atoms with van der Waals surface area (Å²) in [4.78, 5) is 2.35. The second kappa shape index (κ2) is 5.19. The Balaban J connectivity index is 1.78. The van der Waals surface area contributed by atoms with Gasteiger partial charge < -0.3 is 9.64 Å². The van der Waals surface area contributed by atoms with Gasteiger partial charge in [0.1, 0.15) is 13.4 Å². The maximum absolute atomic E-state index is 6.09. The van der Waals surface area contributed by atoms with Crippen molar-refractivity contribution in [3.05, 3.63) is 0 Å². The van der Waals surface area contributed by atoms with E-state index in [4.69, 9.17) is 17.0 Å². The van der Waals surface area contributed by atoms with Crippen LogP contribution in [-0.4, -0.2) is 35.5 Å². The fourth-order valence-electron chi connectivity index (χ4n) is 4.53. The highest BCUT2D eigenvalue weighted by Crippen LogP contribution is 2.68. The standard InChI is InChI=1S/C16H27BNOS/c1-10(2)16-8-6-5-7-12-13(9-14(16)17-16)19-15(20)18(12)11(3)4/h10-14H,5-9H2,1-4H3. The van der Waals surface area contributed by atoms with Crippen LogP contribution < -0.4 is 0 Å². The van der Waals surface area contributed by atoms with Crippen LogP contribution in [0.1, 0.15) is 59.8 Å². The molecule has 2 heterocycles. The molecule has 4 unspecified atom stereocenters. The van der Waals surface area contributed by atoms with Crippen LogP contribution >= 0.6 is 12.2 Å². The first kappa shape index (κ1) is 14.7. The number of thiocarbonyl (C=S) groups is 1. The Bertz CT molecular complexity index is 400. The van der Waals surface area contributed by atoms with E-state index in [0.717, 1.165) is 16.9 Å². The summed E-state index contributed by atoms with van der Waals surface area (Å²) < 4.78 is 6.09. The fourth-order valence-corrected chi connectivity index (χ4v) is 5.00. The first-order valence-corrected chi connectivity index (χ1v) is 8.71. The third-order valence-corrected chi connectivity index (χ3v) is 6.13. The quantitative estimate of drug-likeness (QED) is 0.563. The molecule has 2 saturated heterocycles. The Kier molecular flexibility index (Phi) is 3.81. The zero-order valence-electron chi connectivity index (χ0n) is 13.3. The van der Waals surface area contributed by atoms with Gasteiger partial charge in [0.2, 0.25) is 0 Å². The number of ether oxygens (including phenoxy) is 1. The van der Waals surface area contributed by atoms with Gasteiger partial charge >= 0.3 is 0 Å². The van der Waals surface area contributed by atoms with E-state index in [2.05, 4.69) is 39.9 Å². The highest BCUT2D eigenvalue weighted by molar-refractivity contribution is 7.80. The van der Waals surface area contributed by atoms with Crippen LogP contribution in [0.25, 0.3) is 0 Å². The van der Waals surface area contributed by atoms with Crippen molar-refractivity contribution >= 4 is 24.7 Å². The lowest BCUT2D eigenvalue weighted by Gasteiger charge is -2.29. The number of fused-ring (bicyclic) bond motifs is 2. The Morgan fingerprint density at radius 2 is 2.05 bits per heavy atom. The van der Waals surface area contributed by atoms with Gasteiger partial charge in [-0.05, 0) is 44.8 Å². The van der Waals surface area contributed by atoms with Gasteiger partial charge in [-0.3, -0.25) is 0 Å². The van der Waals surface area contributed by atoms with Crippen molar-refractivity contribution in [1.29, 1.82) is 0 Å². The molecule has 20 heavy (non-hydrogen) atoms. The first-order chi connectivity index (χ1) is 9.45. The number of hydrogen-bond acceptors (Lipinski definition) is 2. The average Bonchev–Trinajstić information content (AvgIpc) is 2.94. The fraction of sp³-hybridized carbons (Fsp3) is 0.938. The van der Waals surface area contributed by atoms with E-state index >= 15 is 0 Å². The van der Waals surface area contributed by atoms with Gasteiger partial charge in [-0.1, -0.05) is 44.2 Å². The molecule has 2 nitrogen and oxygen atoms in total. The maximum Gasteiger partial charge on any atom is 0.260 e. The summed E-state index contributed by atoms with van der Waals surface area (Å²) in [5.41, 5.74) is 0. The van der Waals surface area contributed by atoms with Crippen LogP contribution in [0.2, 0.25) is 11.1 Å². The van der Waals surface area contributed by atoms with Crippen molar-refractivity contribution in [3.8, 4) is 0 Å². The van der Waals surface area contributed by atoms with Gasteiger partial charge in [0.15, 0.2) is 0 Å². The molecule has 0 aromatic rings. The smallest absolute Gasteiger partial charge is 0.260 e. The van der Waals surface area contributed by atoms with Crippen LogP contribution in [0, 0.1) is 5.92 Å². The molecule has 0 bridgehead atoms. The third kappa shape index (κ3) is 2.28. The Labute approximate surface area is 129 Å². The SMILES string of the molecule is CC(C)N1C(=S)OC2CC3[B]C3(C(C)C)CCCCC21. The second-order valence-electron chi connectivity index (χ2n) is 7.51. The van der Waals surface area contributed by atoms with Crippen LogP contribution in [-0.2, 0) is 4.74 Å². The predicted molar refractivity (Wildman–Crippen MR) is 88.4 cm³/mol. The molecular weight excluding hydrogens is 265 g/mol. The molecule has 0 N–H and O–H groups in total. The molecule has 3 aliphatic rings. The van der Waals surface area contributed by atoms with Gasteiger partial charge in [-0.25, -0.2) is 0 Å². The summed E-state index contributed by atoms with van der Waals surface area (Å²) in [7, 11) is 2.60. The molecule has 4 heteroatoms. The molecule has 111 valence electrons. The van der Waals surface area contributed by atoms with Gasteiger partial charge in [-0.15, -0.1) is 0 Å². The Morgan fingerprint density at radius 3 is 2.70 bits per heavy atom. The normalized spacial score (nSPS) is 40.4. The molecule has 1 aliphatic carbocycles. The lowest BCUT2D eigenvalue weighted by atomic mass is 9.75.